The van der Waals surface area contributed by atoms with E-state index in [0.29, 0.717) is 5.39 Å². The van der Waals surface area contributed by atoms with Gasteiger partial charge in [-0.2, -0.15) is 5.26 Å². The second-order valence-electron chi connectivity index (χ2n) is 5.98. The van der Waals surface area contributed by atoms with Gasteiger partial charge in [0.1, 0.15) is 17.4 Å². The van der Waals surface area contributed by atoms with Gasteiger partial charge in [-0.1, -0.05) is 24.3 Å². The van der Waals surface area contributed by atoms with E-state index >= 15 is 0 Å². The molecule has 0 amide bonds. The van der Waals surface area contributed by atoms with Crippen LogP contribution in [0.3, 0.4) is 0 Å². The summed E-state index contributed by atoms with van der Waals surface area (Å²) in [5.41, 5.74) is 3.36. The monoisotopic (exact) mass is 316 g/mol. The van der Waals surface area contributed by atoms with E-state index in [1.54, 1.807) is 12.3 Å². The predicted molar refractivity (Wildman–Crippen MR) is 92.3 cm³/mol. The Balaban J connectivity index is 1.69. The van der Waals surface area contributed by atoms with Gasteiger partial charge in [0.2, 0.25) is 5.43 Å². The number of hydrogen-bond donors (Lipinski definition) is 0. The molecule has 4 nitrogen and oxygen atoms in total. The minimum Gasteiger partial charge on any atom is -0.493 e. The minimum absolute atomic E-state index is 0.191. The Bertz CT molecular complexity index is 1030. The molecule has 1 aliphatic rings. The Labute approximate surface area is 139 Å². The fourth-order valence-electron chi connectivity index (χ4n) is 3.25. The SMILES string of the molecule is N#Cc1cn(CCc2ccc3c(c2)CCO3)c2ccccc2c1=O. The summed E-state index contributed by atoms with van der Waals surface area (Å²) in [6, 6.07) is 15.8. The number of benzene rings is 2. The third-order valence-corrected chi connectivity index (χ3v) is 4.50. The average Bonchev–Trinajstić information content (AvgIpc) is 3.09. The third-order valence-electron chi connectivity index (χ3n) is 4.50. The highest BCUT2D eigenvalue weighted by Crippen LogP contribution is 2.26. The van der Waals surface area contributed by atoms with Crippen molar-refractivity contribution in [3.63, 3.8) is 0 Å². The molecule has 0 aliphatic carbocycles. The number of hydrogen-bond acceptors (Lipinski definition) is 3. The number of nitrogens with zero attached hydrogens (tertiary/aromatic N) is 2. The van der Waals surface area contributed by atoms with Crippen LogP contribution >= 0.6 is 0 Å². The molecule has 118 valence electrons. The van der Waals surface area contributed by atoms with Gasteiger partial charge < -0.3 is 9.30 Å². The average molecular weight is 316 g/mol. The second kappa shape index (κ2) is 5.86. The molecular formula is C20H16N2O2. The number of nitriles is 1. The molecule has 2 heterocycles. The van der Waals surface area contributed by atoms with Gasteiger partial charge in [-0.3, -0.25) is 4.79 Å². The van der Waals surface area contributed by atoms with Gasteiger partial charge in [-0.25, -0.2) is 0 Å². The second-order valence-corrected chi connectivity index (χ2v) is 5.98. The number of ether oxygens (including phenoxy) is 1. The van der Waals surface area contributed by atoms with Crippen LogP contribution in [0, 0.1) is 11.3 Å². The van der Waals surface area contributed by atoms with E-state index in [1.165, 1.54) is 11.1 Å². The standard InChI is InChI=1S/C20H16N2O2/c21-12-16-13-22(18-4-2-1-3-17(18)20(16)23)9-7-14-5-6-19-15(11-14)8-10-24-19/h1-6,11,13H,7-10H2. The van der Waals surface area contributed by atoms with Gasteiger partial charge in [-0.05, 0) is 35.7 Å². The highest BCUT2D eigenvalue weighted by atomic mass is 16.5. The Morgan fingerprint density at radius 2 is 2.08 bits per heavy atom. The molecule has 0 N–H and O–H groups in total. The molecule has 0 unspecified atom stereocenters. The summed E-state index contributed by atoms with van der Waals surface area (Å²) in [4.78, 5) is 12.3. The minimum atomic E-state index is -0.195. The van der Waals surface area contributed by atoms with E-state index in [1.807, 2.05) is 34.9 Å². The van der Waals surface area contributed by atoms with Crippen molar-refractivity contribution >= 4 is 10.9 Å². The highest BCUT2D eigenvalue weighted by Gasteiger charge is 2.12. The number of pyridine rings is 1. The third kappa shape index (κ3) is 2.44. The van der Waals surface area contributed by atoms with E-state index in [9.17, 15) is 10.1 Å². The molecule has 1 aromatic heterocycles. The first kappa shape index (κ1) is 14.5. The molecule has 0 fully saturated rings. The summed E-state index contributed by atoms with van der Waals surface area (Å²) in [6.45, 7) is 1.48. The van der Waals surface area contributed by atoms with Crippen LogP contribution in [-0.4, -0.2) is 11.2 Å². The van der Waals surface area contributed by atoms with Crippen LogP contribution in [0.2, 0.25) is 0 Å². The van der Waals surface area contributed by atoms with Crippen LogP contribution in [-0.2, 0) is 19.4 Å². The summed E-state index contributed by atoms with van der Waals surface area (Å²) >= 11 is 0. The van der Waals surface area contributed by atoms with Crippen molar-refractivity contribution in [3.8, 4) is 11.8 Å². The topological polar surface area (TPSA) is 55.0 Å². The smallest absolute Gasteiger partial charge is 0.207 e. The highest BCUT2D eigenvalue weighted by molar-refractivity contribution is 5.80. The largest absolute Gasteiger partial charge is 0.493 e. The molecule has 24 heavy (non-hydrogen) atoms. The fraction of sp³-hybridized carbons (Fsp3) is 0.200. The van der Waals surface area contributed by atoms with Gasteiger partial charge in [0.05, 0.1) is 12.1 Å². The van der Waals surface area contributed by atoms with E-state index in [2.05, 4.69) is 12.1 Å². The van der Waals surface area contributed by atoms with Gasteiger partial charge in [0.25, 0.3) is 0 Å². The molecular weight excluding hydrogens is 300 g/mol. The fourth-order valence-corrected chi connectivity index (χ4v) is 3.25. The molecule has 2 aromatic carbocycles. The molecule has 0 spiro atoms. The van der Waals surface area contributed by atoms with E-state index in [0.717, 1.165) is 37.3 Å². The first-order valence-electron chi connectivity index (χ1n) is 8.03. The Morgan fingerprint density at radius 1 is 1.21 bits per heavy atom. The maximum absolute atomic E-state index is 12.3. The molecule has 4 heteroatoms. The quantitative estimate of drug-likeness (QED) is 0.746. The van der Waals surface area contributed by atoms with Crippen molar-refractivity contribution in [3.05, 3.63) is 75.6 Å². The lowest BCUT2D eigenvalue weighted by Crippen LogP contribution is -2.13. The lowest BCUT2D eigenvalue weighted by atomic mass is 10.1. The predicted octanol–water partition coefficient (Wildman–Crippen LogP) is 3.05. The Hall–Kier alpha value is -3.06. The number of fused-ring (bicyclic) bond motifs is 2. The molecule has 4 rings (SSSR count). The molecule has 1 aliphatic heterocycles. The normalized spacial score (nSPS) is 12.6. The van der Waals surface area contributed by atoms with Crippen molar-refractivity contribution in [1.82, 2.24) is 4.57 Å². The maximum atomic E-state index is 12.3. The van der Waals surface area contributed by atoms with Crippen LogP contribution in [0.25, 0.3) is 10.9 Å². The lowest BCUT2D eigenvalue weighted by Gasteiger charge is -2.12. The van der Waals surface area contributed by atoms with Crippen molar-refractivity contribution in [1.29, 1.82) is 5.26 Å². The number of aromatic nitrogens is 1. The Morgan fingerprint density at radius 3 is 2.96 bits per heavy atom. The first-order valence-corrected chi connectivity index (χ1v) is 8.03. The molecule has 0 bridgehead atoms. The van der Waals surface area contributed by atoms with Crippen molar-refractivity contribution < 1.29 is 4.74 Å². The molecule has 0 atom stereocenters. The molecule has 0 saturated heterocycles. The summed E-state index contributed by atoms with van der Waals surface area (Å²) in [7, 11) is 0. The van der Waals surface area contributed by atoms with Gasteiger partial charge >= 0.3 is 0 Å². The summed E-state index contributed by atoms with van der Waals surface area (Å²) in [6.07, 6.45) is 3.47. The van der Waals surface area contributed by atoms with Gasteiger partial charge in [0.15, 0.2) is 0 Å². The number of para-hydroxylation sites is 1. The zero-order chi connectivity index (χ0) is 16.5. The lowest BCUT2D eigenvalue weighted by molar-refractivity contribution is 0.357. The summed E-state index contributed by atoms with van der Waals surface area (Å²) in [5, 5.41) is 9.81. The first-order chi connectivity index (χ1) is 11.8. The zero-order valence-corrected chi connectivity index (χ0v) is 13.2. The van der Waals surface area contributed by atoms with Gasteiger partial charge in [-0.15, -0.1) is 0 Å². The van der Waals surface area contributed by atoms with E-state index < -0.39 is 0 Å². The van der Waals surface area contributed by atoms with E-state index in [-0.39, 0.29) is 11.0 Å². The van der Waals surface area contributed by atoms with Gasteiger partial charge in [0, 0.05) is 24.5 Å². The molecule has 0 saturated carbocycles. The van der Waals surface area contributed by atoms with Crippen LogP contribution in [0.1, 0.15) is 16.7 Å². The van der Waals surface area contributed by atoms with Crippen LogP contribution in [0.15, 0.2) is 53.5 Å². The van der Waals surface area contributed by atoms with Crippen molar-refractivity contribution in [2.75, 3.05) is 6.61 Å². The zero-order valence-electron chi connectivity index (χ0n) is 13.2. The van der Waals surface area contributed by atoms with Crippen LogP contribution in [0.5, 0.6) is 5.75 Å². The maximum Gasteiger partial charge on any atom is 0.207 e. The van der Waals surface area contributed by atoms with Crippen LogP contribution in [0.4, 0.5) is 0 Å². The molecule has 0 radical (unpaired) electrons. The number of rotatable bonds is 3. The van der Waals surface area contributed by atoms with E-state index in [4.69, 9.17) is 4.74 Å². The Kier molecular flexibility index (Phi) is 3.55. The van der Waals surface area contributed by atoms with Crippen molar-refractivity contribution in [2.45, 2.75) is 19.4 Å². The summed E-state index contributed by atoms with van der Waals surface area (Å²) in [5.74, 6) is 0.985. The number of aryl methyl sites for hydroxylation is 2. The summed E-state index contributed by atoms with van der Waals surface area (Å²) < 4.78 is 7.54. The van der Waals surface area contributed by atoms with Crippen molar-refractivity contribution in [2.24, 2.45) is 0 Å². The van der Waals surface area contributed by atoms with Crippen LogP contribution < -0.4 is 10.2 Å². The molecule has 3 aromatic rings.